The molecule has 9 nitrogen and oxygen atoms in total. The van der Waals surface area contributed by atoms with E-state index >= 15 is 0 Å². The van der Waals surface area contributed by atoms with E-state index in [1.807, 2.05) is 6.92 Å². The summed E-state index contributed by atoms with van der Waals surface area (Å²) >= 11 is 1.14. The number of fused-ring (bicyclic) bond motifs is 1. The molecule has 4 rings (SSSR count). The van der Waals surface area contributed by atoms with Crippen LogP contribution in [0.2, 0.25) is 0 Å². The number of aliphatic hydroxyl groups is 1. The highest BCUT2D eigenvalue weighted by Gasteiger charge is 2.37. The summed E-state index contributed by atoms with van der Waals surface area (Å²) in [5.41, 5.74) is 0.645. The van der Waals surface area contributed by atoms with Gasteiger partial charge in [-0.3, -0.25) is 9.59 Å². The second-order valence-electron chi connectivity index (χ2n) is 9.29. The molecule has 0 radical (unpaired) electrons. The van der Waals surface area contributed by atoms with Gasteiger partial charge in [0.15, 0.2) is 5.75 Å². The van der Waals surface area contributed by atoms with E-state index in [1.165, 1.54) is 11.4 Å². The van der Waals surface area contributed by atoms with E-state index in [4.69, 9.17) is 4.74 Å². The van der Waals surface area contributed by atoms with Crippen molar-refractivity contribution in [2.45, 2.75) is 43.0 Å². The normalized spacial score (nSPS) is 21.6. The van der Waals surface area contributed by atoms with E-state index in [2.05, 4.69) is 5.32 Å². The number of ether oxygens (including phenoxy) is 1. The molecule has 35 heavy (non-hydrogen) atoms. The van der Waals surface area contributed by atoms with Crippen LogP contribution in [0, 0.1) is 11.8 Å². The lowest BCUT2D eigenvalue weighted by Crippen LogP contribution is -2.50. The van der Waals surface area contributed by atoms with Crippen molar-refractivity contribution in [2.75, 3.05) is 32.1 Å². The number of hydrogen-bond acceptors (Lipinski definition) is 7. The van der Waals surface area contributed by atoms with Crippen LogP contribution < -0.4 is 10.1 Å². The van der Waals surface area contributed by atoms with E-state index in [9.17, 15) is 23.1 Å². The Labute approximate surface area is 209 Å². The molecule has 0 spiro atoms. The van der Waals surface area contributed by atoms with Crippen LogP contribution in [0.3, 0.4) is 0 Å². The number of nitrogens with one attached hydrogen (secondary N) is 1. The number of amides is 2. The Balaban J connectivity index is 1.71. The third-order valence-electron chi connectivity index (χ3n) is 6.49. The average molecular weight is 522 g/mol. The summed E-state index contributed by atoms with van der Waals surface area (Å²) in [6.45, 7) is 3.74. The van der Waals surface area contributed by atoms with Crippen LogP contribution in [0.1, 0.15) is 37.0 Å². The number of benzene rings is 1. The summed E-state index contributed by atoms with van der Waals surface area (Å²) in [6.07, 6.45) is 1.04. The first-order valence-corrected chi connectivity index (χ1v) is 14.0. The molecule has 1 aliphatic carbocycles. The van der Waals surface area contributed by atoms with Gasteiger partial charge in [-0.05, 0) is 43.3 Å². The largest absolute Gasteiger partial charge is 0.486 e. The molecule has 2 aromatic rings. The summed E-state index contributed by atoms with van der Waals surface area (Å²) in [7, 11) is -2.21. The fourth-order valence-corrected chi connectivity index (χ4v) is 6.44. The first-order valence-electron chi connectivity index (χ1n) is 11.7. The number of para-hydroxylation sites is 1. The number of rotatable bonds is 8. The van der Waals surface area contributed by atoms with E-state index < -0.39 is 22.2 Å². The Morgan fingerprint density at radius 3 is 2.69 bits per heavy atom. The van der Waals surface area contributed by atoms with Crippen LogP contribution >= 0.6 is 11.3 Å². The first-order chi connectivity index (χ1) is 16.6. The highest BCUT2D eigenvalue weighted by molar-refractivity contribution is 7.91. The van der Waals surface area contributed by atoms with Gasteiger partial charge in [-0.25, -0.2) is 8.42 Å². The van der Waals surface area contributed by atoms with Gasteiger partial charge in [-0.15, -0.1) is 11.3 Å². The van der Waals surface area contributed by atoms with E-state index in [1.54, 1.807) is 47.5 Å². The second kappa shape index (κ2) is 10.3. The van der Waals surface area contributed by atoms with Crippen LogP contribution in [0.15, 0.2) is 39.9 Å². The van der Waals surface area contributed by atoms with Gasteiger partial charge in [0.2, 0.25) is 5.91 Å². The first kappa shape index (κ1) is 25.6. The molecule has 2 heterocycles. The lowest BCUT2D eigenvalue weighted by molar-refractivity contribution is -0.117. The maximum absolute atomic E-state index is 13.5. The van der Waals surface area contributed by atoms with Crippen LogP contribution in [-0.4, -0.2) is 73.4 Å². The zero-order valence-corrected chi connectivity index (χ0v) is 21.6. The molecule has 2 aliphatic rings. The Bertz CT molecular complexity index is 1180. The maximum atomic E-state index is 13.5. The van der Waals surface area contributed by atoms with Crippen molar-refractivity contribution in [3.8, 4) is 5.75 Å². The number of nitrogens with zero attached hydrogens (tertiary/aromatic N) is 2. The molecule has 1 saturated carbocycles. The number of likely N-dealkylation sites (N-methyl/N-ethyl adjacent to an activating group) is 1. The van der Waals surface area contributed by atoms with Gasteiger partial charge in [0, 0.05) is 25.4 Å². The predicted octanol–water partition coefficient (Wildman–Crippen LogP) is 2.64. The topological polar surface area (TPSA) is 116 Å². The maximum Gasteiger partial charge on any atom is 0.258 e. The fraction of sp³-hybridized carbons (Fsp3) is 0.500. The fourth-order valence-electron chi connectivity index (χ4n) is 4.06. The minimum absolute atomic E-state index is 0.0429. The van der Waals surface area contributed by atoms with Crippen LogP contribution in [0.4, 0.5) is 5.69 Å². The van der Waals surface area contributed by atoms with E-state index in [-0.39, 0.29) is 58.9 Å². The van der Waals surface area contributed by atoms with Crippen LogP contribution in [0.25, 0.3) is 0 Å². The zero-order valence-electron chi connectivity index (χ0n) is 20.0. The molecule has 1 aliphatic heterocycles. The van der Waals surface area contributed by atoms with Crippen molar-refractivity contribution in [1.29, 1.82) is 0 Å². The number of sulfonamides is 1. The van der Waals surface area contributed by atoms with Gasteiger partial charge in [0.1, 0.15) is 10.3 Å². The van der Waals surface area contributed by atoms with Crippen molar-refractivity contribution >= 4 is 38.9 Å². The molecule has 0 bridgehead atoms. The minimum Gasteiger partial charge on any atom is -0.486 e. The predicted molar refractivity (Wildman–Crippen MR) is 133 cm³/mol. The second-order valence-corrected chi connectivity index (χ2v) is 12.5. The summed E-state index contributed by atoms with van der Waals surface area (Å²) in [5.74, 6) is -0.528. The van der Waals surface area contributed by atoms with Gasteiger partial charge in [-0.1, -0.05) is 19.1 Å². The monoisotopic (exact) mass is 521 g/mol. The van der Waals surface area contributed by atoms with E-state index in [0.717, 1.165) is 24.2 Å². The quantitative estimate of drug-likeness (QED) is 0.552. The van der Waals surface area contributed by atoms with Crippen LogP contribution in [-0.2, 0) is 14.8 Å². The Hall–Kier alpha value is -2.47. The van der Waals surface area contributed by atoms with Gasteiger partial charge >= 0.3 is 0 Å². The summed E-state index contributed by atoms with van der Waals surface area (Å²) in [4.78, 5) is 27.6. The van der Waals surface area contributed by atoms with Crippen molar-refractivity contribution in [2.24, 2.45) is 11.8 Å². The zero-order chi connectivity index (χ0) is 25.3. The number of aliphatic hydroxyl groups excluding tert-OH is 1. The SMILES string of the molecule is C[C@H]1CN([C@@H](C)CO)C(=O)c2cccc(NC(=O)C3CC3)c2O[C@@H]1CN(C)S(=O)(=O)c1cccs1. The number of hydrogen-bond donors (Lipinski definition) is 2. The molecular weight excluding hydrogens is 490 g/mol. The molecule has 2 amide bonds. The molecule has 2 N–H and O–H groups in total. The molecule has 1 aromatic carbocycles. The Kier molecular flexibility index (Phi) is 7.51. The average Bonchev–Trinajstić information content (AvgIpc) is 3.54. The molecule has 190 valence electrons. The van der Waals surface area contributed by atoms with Gasteiger partial charge in [-0.2, -0.15) is 4.31 Å². The molecule has 11 heteroatoms. The molecule has 1 fully saturated rings. The number of carbonyl (C=O) groups is 2. The van der Waals surface area contributed by atoms with E-state index in [0.29, 0.717) is 5.69 Å². The molecule has 0 unspecified atom stereocenters. The molecule has 1 aromatic heterocycles. The molecular formula is C24H31N3O6S2. The molecule has 0 saturated heterocycles. The van der Waals surface area contributed by atoms with Crippen molar-refractivity contribution in [3.05, 3.63) is 41.3 Å². The Morgan fingerprint density at radius 1 is 1.31 bits per heavy atom. The van der Waals surface area contributed by atoms with Crippen molar-refractivity contribution in [3.63, 3.8) is 0 Å². The third kappa shape index (κ3) is 5.37. The summed E-state index contributed by atoms with van der Waals surface area (Å²) < 4.78 is 34.0. The Morgan fingerprint density at radius 2 is 2.06 bits per heavy atom. The number of anilines is 1. The van der Waals surface area contributed by atoms with Gasteiger partial charge < -0.3 is 20.1 Å². The van der Waals surface area contributed by atoms with Gasteiger partial charge in [0.05, 0.1) is 30.4 Å². The standard InChI is InChI=1S/C24H31N3O6S2/c1-15-12-27(16(2)14-28)24(30)18-6-4-7-19(25-23(29)17-9-10-17)22(18)33-20(15)13-26(3)35(31,32)21-8-5-11-34-21/h4-8,11,15-17,20,28H,9-10,12-14H2,1-3H3,(H,25,29)/t15-,16-,20+/m0/s1. The highest BCUT2D eigenvalue weighted by Crippen LogP contribution is 2.37. The highest BCUT2D eigenvalue weighted by atomic mass is 32.2. The third-order valence-corrected chi connectivity index (χ3v) is 9.69. The summed E-state index contributed by atoms with van der Waals surface area (Å²) in [5, 5.41) is 14.4. The molecule has 3 atom stereocenters. The number of thiophene rings is 1. The van der Waals surface area contributed by atoms with Crippen LogP contribution in [0.5, 0.6) is 5.75 Å². The van der Waals surface area contributed by atoms with Crippen molar-refractivity contribution < 1.29 is 27.9 Å². The van der Waals surface area contributed by atoms with Gasteiger partial charge in [0.25, 0.3) is 15.9 Å². The van der Waals surface area contributed by atoms with Crippen molar-refractivity contribution in [1.82, 2.24) is 9.21 Å². The summed E-state index contributed by atoms with van der Waals surface area (Å²) in [6, 6.07) is 7.78. The smallest absolute Gasteiger partial charge is 0.258 e. The minimum atomic E-state index is -3.71. The number of carbonyl (C=O) groups excluding carboxylic acids is 2. The lowest BCUT2D eigenvalue weighted by atomic mass is 9.99. The lowest BCUT2D eigenvalue weighted by Gasteiger charge is -2.38.